The van der Waals surface area contributed by atoms with Crippen LogP contribution in [0.3, 0.4) is 0 Å². The molecule has 1 aliphatic rings. The van der Waals surface area contributed by atoms with Gasteiger partial charge >= 0.3 is 0 Å². The van der Waals surface area contributed by atoms with E-state index in [0.29, 0.717) is 23.9 Å². The predicted octanol–water partition coefficient (Wildman–Crippen LogP) is 2.08. The van der Waals surface area contributed by atoms with Gasteiger partial charge in [0.25, 0.3) is 0 Å². The summed E-state index contributed by atoms with van der Waals surface area (Å²) in [5.41, 5.74) is 0.827. The van der Waals surface area contributed by atoms with Gasteiger partial charge in [-0.3, -0.25) is 9.59 Å². The maximum absolute atomic E-state index is 12.6. The third-order valence-corrected chi connectivity index (χ3v) is 5.50. The van der Waals surface area contributed by atoms with Crippen LogP contribution >= 0.6 is 23.4 Å². The van der Waals surface area contributed by atoms with Crippen molar-refractivity contribution < 1.29 is 19.1 Å². The number of thioether (sulfide) groups is 1. The molecule has 1 fully saturated rings. The van der Waals surface area contributed by atoms with Crippen molar-refractivity contribution in [3.8, 4) is 0 Å². The van der Waals surface area contributed by atoms with Crippen molar-refractivity contribution in [3.63, 3.8) is 0 Å². The zero-order valence-electron chi connectivity index (χ0n) is 14.4. The molecule has 6 nitrogen and oxygen atoms in total. The van der Waals surface area contributed by atoms with Crippen LogP contribution in [-0.2, 0) is 19.1 Å². The van der Waals surface area contributed by atoms with Crippen molar-refractivity contribution >= 4 is 35.2 Å². The van der Waals surface area contributed by atoms with E-state index in [1.807, 2.05) is 18.2 Å². The molecule has 8 heteroatoms. The first-order valence-corrected chi connectivity index (χ1v) is 9.45. The molecule has 2 atom stereocenters. The molecule has 25 heavy (non-hydrogen) atoms. The Morgan fingerprint density at radius 2 is 2.08 bits per heavy atom. The minimum Gasteiger partial charge on any atom is -0.385 e. The van der Waals surface area contributed by atoms with E-state index in [9.17, 15) is 9.59 Å². The highest BCUT2D eigenvalue weighted by molar-refractivity contribution is 7.99. The fourth-order valence-electron chi connectivity index (χ4n) is 2.67. The van der Waals surface area contributed by atoms with E-state index in [0.717, 1.165) is 12.0 Å². The molecule has 1 heterocycles. The SMILES string of the molecule is COCCCNC(=O)C1CSC(c2ccccc2Cl)N1C(=O)COC. The van der Waals surface area contributed by atoms with Gasteiger partial charge in [-0.15, -0.1) is 11.8 Å². The van der Waals surface area contributed by atoms with Crippen LogP contribution in [0.15, 0.2) is 24.3 Å². The molecule has 0 spiro atoms. The second-order valence-corrected chi connectivity index (χ2v) is 7.11. The molecule has 0 aliphatic carbocycles. The van der Waals surface area contributed by atoms with E-state index in [-0.39, 0.29) is 23.8 Å². The molecule has 0 radical (unpaired) electrons. The van der Waals surface area contributed by atoms with Crippen molar-refractivity contribution in [2.24, 2.45) is 0 Å². The Hall–Kier alpha value is -1.28. The van der Waals surface area contributed by atoms with Crippen molar-refractivity contribution in [2.75, 3.05) is 39.7 Å². The number of nitrogens with one attached hydrogen (secondary N) is 1. The second-order valence-electron chi connectivity index (χ2n) is 5.59. The summed E-state index contributed by atoms with van der Waals surface area (Å²) >= 11 is 7.83. The Morgan fingerprint density at radius 1 is 1.32 bits per heavy atom. The monoisotopic (exact) mass is 386 g/mol. The van der Waals surface area contributed by atoms with Crippen LogP contribution in [-0.4, -0.2) is 62.5 Å². The Bertz CT molecular complexity index is 602. The van der Waals surface area contributed by atoms with Gasteiger partial charge in [-0.05, 0) is 12.5 Å². The standard InChI is InChI=1S/C17H23ClN2O4S/c1-23-9-5-8-19-16(22)14-11-25-17(20(14)15(21)10-24-2)12-6-3-4-7-13(12)18/h3-4,6-7,14,17H,5,8-11H2,1-2H3,(H,19,22). The fourth-order valence-corrected chi connectivity index (χ4v) is 4.46. The third kappa shape index (κ3) is 5.10. The van der Waals surface area contributed by atoms with Crippen molar-refractivity contribution in [1.82, 2.24) is 10.2 Å². The van der Waals surface area contributed by atoms with Gasteiger partial charge in [0, 0.05) is 43.7 Å². The van der Waals surface area contributed by atoms with Crippen LogP contribution in [0.25, 0.3) is 0 Å². The first-order valence-electron chi connectivity index (χ1n) is 8.03. The van der Waals surface area contributed by atoms with Gasteiger partial charge < -0.3 is 19.7 Å². The van der Waals surface area contributed by atoms with Crippen LogP contribution in [0.2, 0.25) is 5.02 Å². The number of rotatable bonds is 8. The molecule has 2 unspecified atom stereocenters. The highest BCUT2D eigenvalue weighted by Crippen LogP contribution is 2.43. The number of ether oxygens (including phenoxy) is 2. The highest BCUT2D eigenvalue weighted by Gasteiger charge is 2.42. The first-order chi connectivity index (χ1) is 12.1. The molecule has 138 valence electrons. The maximum atomic E-state index is 12.6. The van der Waals surface area contributed by atoms with Crippen LogP contribution in [0.5, 0.6) is 0 Å². The minimum atomic E-state index is -0.545. The molecule has 1 aromatic carbocycles. The Labute approximate surface area is 157 Å². The first kappa shape index (κ1) is 20.0. The molecule has 1 aliphatic heterocycles. The normalized spacial score (nSPS) is 19.9. The van der Waals surface area contributed by atoms with Gasteiger partial charge in [0.05, 0.1) is 0 Å². The second kappa shape index (κ2) is 10.0. The number of carbonyl (C=O) groups is 2. The molecule has 2 amide bonds. The zero-order chi connectivity index (χ0) is 18.2. The van der Waals surface area contributed by atoms with Gasteiger partial charge in [0.15, 0.2) is 0 Å². The largest absolute Gasteiger partial charge is 0.385 e. The quantitative estimate of drug-likeness (QED) is 0.693. The summed E-state index contributed by atoms with van der Waals surface area (Å²) < 4.78 is 9.97. The predicted molar refractivity (Wildman–Crippen MR) is 98.7 cm³/mol. The van der Waals surface area contributed by atoms with Gasteiger partial charge in [0.2, 0.25) is 11.8 Å². The van der Waals surface area contributed by atoms with Crippen LogP contribution < -0.4 is 5.32 Å². The van der Waals surface area contributed by atoms with E-state index in [4.69, 9.17) is 21.1 Å². The van der Waals surface area contributed by atoms with Crippen molar-refractivity contribution in [1.29, 1.82) is 0 Å². The van der Waals surface area contributed by atoms with E-state index >= 15 is 0 Å². The smallest absolute Gasteiger partial charge is 0.250 e. The van der Waals surface area contributed by atoms with Crippen molar-refractivity contribution in [2.45, 2.75) is 17.8 Å². The summed E-state index contributed by atoms with van der Waals surface area (Å²) in [7, 11) is 3.08. The number of nitrogens with zero attached hydrogens (tertiary/aromatic N) is 1. The lowest BCUT2D eigenvalue weighted by molar-refractivity contribution is -0.142. The third-order valence-electron chi connectivity index (χ3n) is 3.85. The number of carbonyl (C=O) groups excluding carboxylic acids is 2. The number of benzene rings is 1. The Morgan fingerprint density at radius 3 is 2.76 bits per heavy atom. The lowest BCUT2D eigenvalue weighted by atomic mass is 10.1. The molecule has 1 aromatic rings. The van der Waals surface area contributed by atoms with Crippen LogP contribution in [0.1, 0.15) is 17.4 Å². The van der Waals surface area contributed by atoms with Gasteiger partial charge in [-0.1, -0.05) is 29.8 Å². The van der Waals surface area contributed by atoms with Gasteiger partial charge in [-0.2, -0.15) is 0 Å². The maximum Gasteiger partial charge on any atom is 0.250 e. The average molecular weight is 387 g/mol. The molecule has 0 saturated carbocycles. The van der Waals surface area contributed by atoms with Gasteiger partial charge in [-0.25, -0.2) is 0 Å². The lowest BCUT2D eigenvalue weighted by Gasteiger charge is -2.29. The topological polar surface area (TPSA) is 67.9 Å². The summed E-state index contributed by atoms with van der Waals surface area (Å²) in [6, 6.07) is 6.84. The van der Waals surface area contributed by atoms with E-state index in [1.165, 1.54) is 18.9 Å². The lowest BCUT2D eigenvalue weighted by Crippen LogP contribution is -2.49. The summed E-state index contributed by atoms with van der Waals surface area (Å²) in [5.74, 6) is 0.124. The van der Waals surface area contributed by atoms with Crippen LogP contribution in [0, 0.1) is 0 Å². The van der Waals surface area contributed by atoms with E-state index < -0.39 is 6.04 Å². The average Bonchev–Trinajstić information content (AvgIpc) is 3.04. The number of halogens is 1. The minimum absolute atomic E-state index is 0.0744. The number of hydrogen-bond acceptors (Lipinski definition) is 5. The number of methoxy groups -OCH3 is 2. The molecule has 0 aromatic heterocycles. The van der Waals surface area contributed by atoms with Crippen molar-refractivity contribution in [3.05, 3.63) is 34.9 Å². The van der Waals surface area contributed by atoms with E-state index in [2.05, 4.69) is 5.32 Å². The fraction of sp³-hybridized carbons (Fsp3) is 0.529. The summed E-state index contributed by atoms with van der Waals surface area (Å²) in [6.07, 6.45) is 0.724. The van der Waals surface area contributed by atoms with Crippen LogP contribution in [0.4, 0.5) is 0 Å². The van der Waals surface area contributed by atoms with Gasteiger partial charge in [0.1, 0.15) is 18.0 Å². The zero-order valence-corrected chi connectivity index (χ0v) is 15.9. The van der Waals surface area contributed by atoms with E-state index in [1.54, 1.807) is 18.1 Å². The number of amides is 2. The molecular formula is C17H23ClN2O4S. The molecular weight excluding hydrogens is 364 g/mol. The molecule has 2 rings (SSSR count). The molecule has 0 bridgehead atoms. The number of hydrogen-bond donors (Lipinski definition) is 1. The summed E-state index contributed by atoms with van der Waals surface area (Å²) in [4.78, 5) is 26.7. The Kier molecular flexibility index (Phi) is 8.02. The summed E-state index contributed by atoms with van der Waals surface area (Å²) in [6.45, 7) is 1.01. The Balaban J connectivity index is 2.15. The highest BCUT2D eigenvalue weighted by atomic mass is 35.5. The molecule has 1 saturated heterocycles. The molecule has 1 N–H and O–H groups in total. The summed E-state index contributed by atoms with van der Waals surface area (Å²) in [5, 5.41) is 3.15.